The van der Waals surface area contributed by atoms with Crippen molar-refractivity contribution in [1.29, 1.82) is 0 Å². The molecule has 1 rings (SSSR count). The number of ether oxygens (including phenoxy) is 1. The highest BCUT2D eigenvalue weighted by molar-refractivity contribution is 5.66. The number of aliphatic carboxylic acids is 1. The Kier molecular flexibility index (Phi) is 6.45. The van der Waals surface area contributed by atoms with Crippen LogP contribution in [0.1, 0.15) is 51.4 Å². The fourth-order valence-corrected chi connectivity index (χ4v) is 2.20. The minimum atomic E-state index is -0.693. The number of allylic oxidation sites excluding steroid dienone is 1. The van der Waals surface area contributed by atoms with E-state index < -0.39 is 5.97 Å². The summed E-state index contributed by atoms with van der Waals surface area (Å²) in [6.45, 7) is 3.58. The molecule has 0 fully saturated rings. The monoisotopic (exact) mass is 238 g/mol. The average Bonchev–Trinajstić information content (AvgIpc) is 2.29. The summed E-state index contributed by atoms with van der Waals surface area (Å²) in [6, 6.07) is 0. The third-order valence-electron chi connectivity index (χ3n) is 3.07. The lowest BCUT2D eigenvalue weighted by molar-refractivity contribution is -0.137. The van der Waals surface area contributed by atoms with Gasteiger partial charge in [-0.2, -0.15) is 0 Å². The molecule has 0 heterocycles. The van der Waals surface area contributed by atoms with Crippen LogP contribution in [0.4, 0.5) is 0 Å². The summed E-state index contributed by atoms with van der Waals surface area (Å²) >= 11 is 0. The summed E-state index contributed by atoms with van der Waals surface area (Å²) in [7, 11) is 0. The van der Waals surface area contributed by atoms with Crippen molar-refractivity contribution >= 4 is 5.97 Å². The van der Waals surface area contributed by atoms with Gasteiger partial charge in [-0.3, -0.25) is 4.79 Å². The van der Waals surface area contributed by atoms with E-state index in [-0.39, 0.29) is 6.10 Å². The van der Waals surface area contributed by atoms with Crippen LogP contribution in [-0.4, -0.2) is 17.2 Å². The molecule has 3 heteroatoms. The zero-order chi connectivity index (χ0) is 12.5. The van der Waals surface area contributed by atoms with Crippen molar-refractivity contribution in [1.82, 2.24) is 0 Å². The first-order chi connectivity index (χ1) is 8.22. The van der Waals surface area contributed by atoms with Gasteiger partial charge in [-0.15, -0.1) is 0 Å². The molecule has 0 aromatic carbocycles. The molecule has 1 N–H and O–H groups in total. The number of carbonyl (C=O) groups is 1. The standard InChI is InChI=1S/C14H22O3/c1-2-17-13-9-6-8-12(11-13)7-4-3-5-10-14(15)16/h2,11,13H,1,3-10H2,(H,15,16). The van der Waals surface area contributed by atoms with Gasteiger partial charge in [0, 0.05) is 6.42 Å². The number of carboxylic acid groups (broad SMARTS) is 1. The molecular weight excluding hydrogens is 216 g/mol. The molecule has 1 aliphatic carbocycles. The molecule has 3 nitrogen and oxygen atoms in total. The summed E-state index contributed by atoms with van der Waals surface area (Å²) in [4.78, 5) is 10.3. The fourth-order valence-electron chi connectivity index (χ4n) is 2.20. The van der Waals surface area contributed by atoms with Crippen LogP contribution in [0.15, 0.2) is 24.5 Å². The van der Waals surface area contributed by atoms with Gasteiger partial charge >= 0.3 is 5.97 Å². The molecule has 0 amide bonds. The van der Waals surface area contributed by atoms with E-state index in [1.807, 2.05) is 0 Å². The minimum absolute atomic E-state index is 0.204. The van der Waals surface area contributed by atoms with E-state index in [9.17, 15) is 4.79 Å². The molecule has 0 spiro atoms. The molecule has 0 saturated heterocycles. The fraction of sp³-hybridized carbons (Fsp3) is 0.643. The summed E-state index contributed by atoms with van der Waals surface area (Å²) in [5, 5.41) is 8.52. The Morgan fingerprint density at radius 1 is 1.53 bits per heavy atom. The van der Waals surface area contributed by atoms with E-state index in [0.29, 0.717) is 6.42 Å². The Bertz CT molecular complexity index is 281. The molecule has 0 saturated carbocycles. The lowest BCUT2D eigenvalue weighted by Crippen LogP contribution is -2.11. The van der Waals surface area contributed by atoms with Crippen molar-refractivity contribution in [2.24, 2.45) is 0 Å². The van der Waals surface area contributed by atoms with Crippen LogP contribution in [0.2, 0.25) is 0 Å². The summed E-state index contributed by atoms with van der Waals surface area (Å²) in [6.07, 6.45) is 11.6. The second-order valence-corrected chi connectivity index (χ2v) is 4.51. The zero-order valence-electron chi connectivity index (χ0n) is 10.4. The quantitative estimate of drug-likeness (QED) is 0.399. The van der Waals surface area contributed by atoms with Gasteiger partial charge in [0.2, 0.25) is 0 Å². The van der Waals surface area contributed by atoms with Crippen molar-refractivity contribution in [3.05, 3.63) is 24.5 Å². The Labute approximate surface area is 103 Å². The maximum absolute atomic E-state index is 10.3. The van der Waals surface area contributed by atoms with Gasteiger partial charge < -0.3 is 9.84 Å². The van der Waals surface area contributed by atoms with Crippen molar-refractivity contribution in [3.8, 4) is 0 Å². The smallest absolute Gasteiger partial charge is 0.303 e. The highest BCUT2D eigenvalue weighted by atomic mass is 16.5. The zero-order valence-corrected chi connectivity index (χ0v) is 10.4. The van der Waals surface area contributed by atoms with Crippen LogP contribution >= 0.6 is 0 Å². The van der Waals surface area contributed by atoms with E-state index in [1.54, 1.807) is 0 Å². The second-order valence-electron chi connectivity index (χ2n) is 4.51. The van der Waals surface area contributed by atoms with Crippen molar-refractivity contribution in [3.63, 3.8) is 0 Å². The molecular formula is C14H22O3. The van der Waals surface area contributed by atoms with Gasteiger partial charge in [0.05, 0.1) is 6.26 Å². The SMILES string of the molecule is C=COC1C=C(CCCCCC(=O)O)CCC1. The van der Waals surface area contributed by atoms with E-state index >= 15 is 0 Å². The Morgan fingerprint density at radius 3 is 3.06 bits per heavy atom. The van der Waals surface area contributed by atoms with E-state index in [0.717, 1.165) is 38.5 Å². The van der Waals surface area contributed by atoms with Crippen LogP contribution in [0.5, 0.6) is 0 Å². The van der Waals surface area contributed by atoms with Gasteiger partial charge in [-0.1, -0.05) is 18.6 Å². The van der Waals surface area contributed by atoms with Crippen LogP contribution < -0.4 is 0 Å². The normalized spacial score (nSPS) is 19.5. The first-order valence-corrected chi connectivity index (χ1v) is 6.40. The van der Waals surface area contributed by atoms with E-state index in [1.165, 1.54) is 18.3 Å². The summed E-state index contributed by atoms with van der Waals surface area (Å²) < 4.78 is 5.38. The topological polar surface area (TPSA) is 46.5 Å². The molecule has 1 atom stereocenters. The molecule has 0 radical (unpaired) electrons. The number of carboxylic acids is 1. The lowest BCUT2D eigenvalue weighted by Gasteiger charge is -2.20. The molecule has 0 aliphatic heterocycles. The lowest BCUT2D eigenvalue weighted by atomic mass is 9.93. The first kappa shape index (κ1) is 13.8. The number of hydrogen-bond acceptors (Lipinski definition) is 2. The average molecular weight is 238 g/mol. The third kappa shape index (κ3) is 6.15. The Balaban J connectivity index is 2.17. The highest BCUT2D eigenvalue weighted by Crippen LogP contribution is 2.24. The predicted molar refractivity (Wildman–Crippen MR) is 67.7 cm³/mol. The minimum Gasteiger partial charge on any atom is -0.495 e. The largest absolute Gasteiger partial charge is 0.495 e. The van der Waals surface area contributed by atoms with E-state index in [2.05, 4.69) is 12.7 Å². The Hall–Kier alpha value is -1.25. The van der Waals surface area contributed by atoms with Crippen molar-refractivity contribution in [2.75, 3.05) is 0 Å². The summed E-state index contributed by atoms with van der Waals surface area (Å²) in [5.41, 5.74) is 1.46. The van der Waals surface area contributed by atoms with Crippen LogP contribution in [0.3, 0.4) is 0 Å². The first-order valence-electron chi connectivity index (χ1n) is 6.40. The van der Waals surface area contributed by atoms with Crippen molar-refractivity contribution in [2.45, 2.75) is 57.5 Å². The molecule has 96 valence electrons. The van der Waals surface area contributed by atoms with Gasteiger partial charge in [0.15, 0.2) is 0 Å². The van der Waals surface area contributed by atoms with Crippen LogP contribution in [-0.2, 0) is 9.53 Å². The Morgan fingerprint density at radius 2 is 2.35 bits per heavy atom. The summed E-state index contributed by atoms with van der Waals surface area (Å²) in [5.74, 6) is -0.693. The molecule has 1 unspecified atom stereocenters. The number of hydrogen-bond donors (Lipinski definition) is 1. The second kappa shape index (κ2) is 7.93. The number of rotatable bonds is 8. The van der Waals surface area contributed by atoms with Crippen LogP contribution in [0.25, 0.3) is 0 Å². The molecule has 0 aromatic heterocycles. The van der Waals surface area contributed by atoms with Gasteiger partial charge in [0.1, 0.15) is 6.10 Å². The maximum atomic E-state index is 10.3. The van der Waals surface area contributed by atoms with Gasteiger partial charge in [-0.25, -0.2) is 0 Å². The third-order valence-corrected chi connectivity index (χ3v) is 3.07. The van der Waals surface area contributed by atoms with Gasteiger partial charge in [-0.05, 0) is 44.6 Å². The molecule has 1 aliphatic rings. The molecule has 17 heavy (non-hydrogen) atoms. The maximum Gasteiger partial charge on any atom is 0.303 e. The predicted octanol–water partition coefficient (Wildman–Crippen LogP) is 3.66. The number of unbranched alkanes of at least 4 members (excludes halogenated alkanes) is 2. The highest BCUT2D eigenvalue weighted by Gasteiger charge is 2.13. The molecule has 0 bridgehead atoms. The van der Waals surface area contributed by atoms with E-state index in [4.69, 9.17) is 9.84 Å². The van der Waals surface area contributed by atoms with Gasteiger partial charge in [0.25, 0.3) is 0 Å². The van der Waals surface area contributed by atoms with Crippen molar-refractivity contribution < 1.29 is 14.6 Å². The molecule has 0 aromatic rings. The van der Waals surface area contributed by atoms with Crippen LogP contribution in [0, 0.1) is 0 Å².